The lowest BCUT2D eigenvalue weighted by molar-refractivity contribution is -0.137. The first kappa shape index (κ1) is 13.9. The van der Waals surface area contributed by atoms with Gasteiger partial charge in [-0.05, 0) is 37.0 Å². The molecule has 1 saturated heterocycles. The Labute approximate surface area is 111 Å². The van der Waals surface area contributed by atoms with Crippen molar-refractivity contribution >= 4 is 5.91 Å². The van der Waals surface area contributed by atoms with Crippen molar-refractivity contribution in [2.75, 3.05) is 13.1 Å². The molecule has 1 aliphatic carbocycles. The van der Waals surface area contributed by atoms with Crippen molar-refractivity contribution in [2.24, 2.45) is 23.5 Å². The molecule has 1 heterocycles. The van der Waals surface area contributed by atoms with Gasteiger partial charge in [0.1, 0.15) is 0 Å². The van der Waals surface area contributed by atoms with E-state index in [0.29, 0.717) is 17.8 Å². The highest BCUT2D eigenvalue weighted by atomic mass is 16.2. The van der Waals surface area contributed by atoms with Crippen LogP contribution in [0, 0.1) is 17.8 Å². The minimum absolute atomic E-state index is 0.220. The average Bonchev–Trinajstić information content (AvgIpc) is 2.76. The highest BCUT2D eigenvalue weighted by molar-refractivity contribution is 5.86. The van der Waals surface area contributed by atoms with Crippen molar-refractivity contribution < 1.29 is 4.79 Å². The first-order chi connectivity index (χ1) is 8.42. The zero-order valence-corrected chi connectivity index (χ0v) is 12.1. The molecule has 1 saturated carbocycles. The number of rotatable bonds is 2. The Balaban J connectivity index is 1.99. The van der Waals surface area contributed by atoms with Crippen molar-refractivity contribution in [1.29, 1.82) is 0 Å². The minimum Gasteiger partial charge on any atom is -0.341 e. The fraction of sp³-hybridized carbons (Fsp3) is 0.933. The van der Waals surface area contributed by atoms with Crippen molar-refractivity contribution in [2.45, 2.75) is 58.4 Å². The molecule has 3 atom stereocenters. The average molecular weight is 252 g/mol. The lowest BCUT2D eigenvalue weighted by atomic mass is 9.76. The zero-order valence-electron chi connectivity index (χ0n) is 12.1. The van der Waals surface area contributed by atoms with E-state index in [-0.39, 0.29) is 5.91 Å². The van der Waals surface area contributed by atoms with E-state index in [0.717, 1.165) is 38.8 Å². The molecule has 0 aromatic heterocycles. The number of hydrogen-bond donors (Lipinski definition) is 1. The standard InChI is InChI=1S/C15H28N2O/c1-11(2)13-6-8-17(10-13)14(18)15(16)7-4-5-12(3)9-15/h11-13H,4-10,16H2,1-3H3. The van der Waals surface area contributed by atoms with Crippen LogP contribution in [-0.2, 0) is 4.79 Å². The summed E-state index contributed by atoms with van der Waals surface area (Å²) in [4.78, 5) is 14.7. The summed E-state index contributed by atoms with van der Waals surface area (Å²) in [7, 11) is 0. The largest absolute Gasteiger partial charge is 0.341 e. The van der Waals surface area contributed by atoms with E-state index in [4.69, 9.17) is 5.73 Å². The molecule has 0 bridgehead atoms. The Kier molecular flexibility index (Phi) is 4.00. The van der Waals surface area contributed by atoms with Gasteiger partial charge in [-0.15, -0.1) is 0 Å². The normalized spacial score (nSPS) is 37.3. The SMILES string of the molecule is CC1CCCC(N)(C(=O)N2CCC(C(C)C)C2)C1. The lowest BCUT2D eigenvalue weighted by Gasteiger charge is -2.38. The summed E-state index contributed by atoms with van der Waals surface area (Å²) in [6, 6.07) is 0. The van der Waals surface area contributed by atoms with E-state index in [9.17, 15) is 4.79 Å². The van der Waals surface area contributed by atoms with Crippen LogP contribution in [0.15, 0.2) is 0 Å². The van der Waals surface area contributed by atoms with Gasteiger partial charge < -0.3 is 10.6 Å². The van der Waals surface area contributed by atoms with E-state index in [1.165, 1.54) is 6.42 Å². The number of nitrogens with zero attached hydrogens (tertiary/aromatic N) is 1. The number of carbonyl (C=O) groups is 1. The van der Waals surface area contributed by atoms with Crippen molar-refractivity contribution in [1.82, 2.24) is 4.90 Å². The number of nitrogens with two attached hydrogens (primary N) is 1. The highest BCUT2D eigenvalue weighted by Gasteiger charge is 2.42. The maximum absolute atomic E-state index is 12.6. The first-order valence-electron chi connectivity index (χ1n) is 7.50. The van der Waals surface area contributed by atoms with Gasteiger partial charge in [-0.2, -0.15) is 0 Å². The fourth-order valence-corrected chi connectivity index (χ4v) is 3.62. The van der Waals surface area contributed by atoms with Crippen LogP contribution in [0.25, 0.3) is 0 Å². The van der Waals surface area contributed by atoms with Gasteiger partial charge in [0, 0.05) is 13.1 Å². The van der Waals surface area contributed by atoms with Crippen LogP contribution in [-0.4, -0.2) is 29.4 Å². The number of likely N-dealkylation sites (tertiary alicyclic amines) is 1. The number of hydrogen-bond acceptors (Lipinski definition) is 2. The van der Waals surface area contributed by atoms with Crippen LogP contribution in [0.3, 0.4) is 0 Å². The van der Waals surface area contributed by atoms with Crippen molar-refractivity contribution in [3.8, 4) is 0 Å². The second kappa shape index (κ2) is 5.20. The molecule has 0 radical (unpaired) electrons. The Morgan fingerprint density at radius 1 is 1.39 bits per heavy atom. The molecule has 3 unspecified atom stereocenters. The maximum atomic E-state index is 12.6. The summed E-state index contributed by atoms with van der Waals surface area (Å²) in [5, 5.41) is 0. The van der Waals surface area contributed by atoms with Gasteiger partial charge >= 0.3 is 0 Å². The Bertz CT molecular complexity index is 316. The molecule has 0 aromatic rings. The molecule has 1 aliphatic heterocycles. The molecule has 18 heavy (non-hydrogen) atoms. The van der Waals surface area contributed by atoms with Crippen LogP contribution in [0.1, 0.15) is 52.9 Å². The van der Waals surface area contributed by atoms with Crippen LogP contribution in [0.5, 0.6) is 0 Å². The summed E-state index contributed by atoms with van der Waals surface area (Å²) in [6.45, 7) is 8.55. The third-order valence-corrected chi connectivity index (χ3v) is 4.91. The molecular formula is C15H28N2O. The Hall–Kier alpha value is -0.570. The fourth-order valence-electron chi connectivity index (χ4n) is 3.62. The third kappa shape index (κ3) is 2.71. The van der Waals surface area contributed by atoms with E-state index >= 15 is 0 Å². The second-order valence-corrected chi connectivity index (χ2v) is 6.90. The topological polar surface area (TPSA) is 46.3 Å². The van der Waals surface area contributed by atoms with Crippen LogP contribution in [0.2, 0.25) is 0 Å². The van der Waals surface area contributed by atoms with Gasteiger partial charge in [0.2, 0.25) is 5.91 Å². The molecule has 0 aromatic carbocycles. The van der Waals surface area contributed by atoms with Gasteiger partial charge in [-0.3, -0.25) is 4.79 Å². The molecule has 3 nitrogen and oxygen atoms in total. The second-order valence-electron chi connectivity index (χ2n) is 6.90. The molecule has 2 N–H and O–H groups in total. The Morgan fingerprint density at radius 3 is 2.67 bits per heavy atom. The molecule has 104 valence electrons. The van der Waals surface area contributed by atoms with Gasteiger partial charge in [0.25, 0.3) is 0 Å². The smallest absolute Gasteiger partial charge is 0.242 e. The summed E-state index contributed by atoms with van der Waals surface area (Å²) in [6.07, 6.45) is 5.22. The maximum Gasteiger partial charge on any atom is 0.242 e. The van der Waals surface area contributed by atoms with Crippen LogP contribution in [0.4, 0.5) is 0 Å². The Morgan fingerprint density at radius 2 is 2.11 bits per heavy atom. The molecule has 2 aliphatic rings. The van der Waals surface area contributed by atoms with Gasteiger partial charge in [0.05, 0.1) is 5.54 Å². The van der Waals surface area contributed by atoms with E-state index < -0.39 is 5.54 Å². The van der Waals surface area contributed by atoms with E-state index in [1.54, 1.807) is 0 Å². The molecule has 2 rings (SSSR count). The monoisotopic (exact) mass is 252 g/mol. The van der Waals surface area contributed by atoms with E-state index in [2.05, 4.69) is 20.8 Å². The van der Waals surface area contributed by atoms with Crippen molar-refractivity contribution in [3.05, 3.63) is 0 Å². The lowest BCUT2D eigenvalue weighted by Crippen LogP contribution is -2.57. The summed E-state index contributed by atoms with van der Waals surface area (Å²) in [5.74, 6) is 2.15. The molecule has 1 amide bonds. The predicted octanol–water partition coefficient (Wildman–Crippen LogP) is 2.40. The highest BCUT2D eigenvalue weighted by Crippen LogP contribution is 2.34. The molecule has 2 fully saturated rings. The molecular weight excluding hydrogens is 224 g/mol. The van der Waals surface area contributed by atoms with Gasteiger partial charge in [-0.25, -0.2) is 0 Å². The minimum atomic E-state index is -0.566. The van der Waals surface area contributed by atoms with Crippen molar-refractivity contribution in [3.63, 3.8) is 0 Å². The summed E-state index contributed by atoms with van der Waals surface area (Å²) >= 11 is 0. The predicted molar refractivity (Wildman–Crippen MR) is 74.1 cm³/mol. The quantitative estimate of drug-likeness (QED) is 0.820. The summed E-state index contributed by atoms with van der Waals surface area (Å²) < 4.78 is 0. The first-order valence-corrected chi connectivity index (χ1v) is 7.50. The third-order valence-electron chi connectivity index (χ3n) is 4.91. The van der Waals surface area contributed by atoms with E-state index in [1.807, 2.05) is 4.90 Å². The zero-order chi connectivity index (χ0) is 13.3. The number of amides is 1. The van der Waals surface area contributed by atoms with Gasteiger partial charge in [0.15, 0.2) is 0 Å². The van der Waals surface area contributed by atoms with Gasteiger partial charge in [-0.1, -0.05) is 33.6 Å². The molecule has 3 heteroatoms. The van der Waals surface area contributed by atoms with Crippen LogP contribution < -0.4 is 5.73 Å². The summed E-state index contributed by atoms with van der Waals surface area (Å²) in [5.41, 5.74) is 5.84. The van der Waals surface area contributed by atoms with Crippen LogP contribution >= 0.6 is 0 Å². The molecule has 0 spiro atoms. The number of carbonyl (C=O) groups excluding carboxylic acids is 1.